The first-order chi connectivity index (χ1) is 9.22. The molecule has 0 radical (unpaired) electrons. The first kappa shape index (κ1) is 14.0. The third kappa shape index (κ3) is 4.01. The van der Waals surface area contributed by atoms with Crippen molar-refractivity contribution in [2.75, 3.05) is 19.8 Å². The van der Waals surface area contributed by atoms with Crippen LogP contribution in [0.4, 0.5) is 4.39 Å². The predicted molar refractivity (Wildman–Crippen MR) is 69.8 cm³/mol. The molecule has 1 aromatic rings. The molecule has 104 valence electrons. The van der Waals surface area contributed by atoms with E-state index in [4.69, 9.17) is 10.5 Å². The Labute approximate surface area is 112 Å². The van der Waals surface area contributed by atoms with E-state index in [0.29, 0.717) is 25.3 Å². The van der Waals surface area contributed by atoms with Gasteiger partial charge in [0.25, 0.3) is 0 Å². The quantitative estimate of drug-likeness (QED) is 0.757. The molecule has 2 N–H and O–H groups in total. The Bertz CT molecular complexity index is 435. The smallest absolute Gasteiger partial charge is 0.249 e. The van der Waals surface area contributed by atoms with Crippen LogP contribution in [0.2, 0.25) is 0 Å². The Morgan fingerprint density at radius 1 is 1.42 bits per heavy atom. The Hall–Kier alpha value is -1.46. The van der Waals surface area contributed by atoms with Crippen molar-refractivity contribution in [3.8, 4) is 0 Å². The molecule has 0 atom stereocenters. The molecule has 0 spiro atoms. The normalized spacial score (nSPS) is 14.4. The van der Waals surface area contributed by atoms with Crippen molar-refractivity contribution >= 4 is 5.91 Å². The van der Waals surface area contributed by atoms with E-state index in [1.165, 1.54) is 6.07 Å². The van der Waals surface area contributed by atoms with Crippen LogP contribution in [0, 0.1) is 5.82 Å². The van der Waals surface area contributed by atoms with Crippen LogP contribution in [0.1, 0.15) is 18.4 Å². The first-order valence-corrected chi connectivity index (χ1v) is 6.53. The number of carbonyl (C=O) groups is 1. The van der Waals surface area contributed by atoms with Gasteiger partial charge in [0, 0.05) is 24.7 Å². The van der Waals surface area contributed by atoms with Gasteiger partial charge in [-0.1, -0.05) is 18.2 Å². The van der Waals surface area contributed by atoms with Gasteiger partial charge in [-0.3, -0.25) is 4.79 Å². The second-order valence-corrected chi connectivity index (χ2v) is 4.69. The molecule has 0 aromatic heterocycles. The Kier molecular flexibility index (Phi) is 4.87. The maximum absolute atomic E-state index is 13.6. The van der Waals surface area contributed by atoms with Crippen LogP contribution in [0.25, 0.3) is 0 Å². The lowest BCUT2D eigenvalue weighted by molar-refractivity contribution is -0.137. The van der Waals surface area contributed by atoms with Crippen LogP contribution >= 0.6 is 0 Å². The van der Waals surface area contributed by atoms with Crippen LogP contribution in [-0.2, 0) is 16.1 Å². The average molecular weight is 266 g/mol. The molecule has 1 fully saturated rings. The Morgan fingerprint density at radius 2 is 2.16 bits per heavy atom. The standard InChI is InChI=1S/C14H19FN2O2/c15-13-4-2-1-3-11(13)9-17(12-5-6-12)14(18)10-19-8-7-16/h1-4,12H,5-10,16H2. The van der Waals surface area contributed by atoms with E-state index in [1.807, 2.05) is 0 Å². The van der Waals surface area contributed by atoms with Crippen LogP contribution in [-0.4, -0.2) is 36.6 Å². The number of benzene rings is 1. The highest BCUT2D eigenvalue weighted by Gasteiger charge is 2.32. The van der Waals surface area contributed by atoms with Gasteiger partial charge in [-0.25, -0.2) is 4.39 Å². The van der Waals surface area contributed by atoms with Crippen LogP contribution in [0.5, 0.6) is 0 Å². The molecule has 2 rings (SSSR count). The fourth-order valence-corrected chi connectivity index (χ4v) is 1.94. The highest BCUT2D eigenvalue weighted by atomic mass is 19.1. The maximum Gasteiger partial charge on any atom is 0.249 e. The van der Waals surface area contributed by atoms with E-state index in [9.17, 15) is 9.18 Å². The lowest BCUT2D eigenvalue weighted by Crippen LogP contribution is -2.36. The van der Waals surface area contributed by atoms with Gasteiger partial charge in [0.1, 0.15) is 12.4 Å². The summed E-state index contributed by atoms with van der Waals surface area (Å²) in [6.07, 6.45) is 1.97. The molecular weight excluding hydrogens is 247 g/mol. The SMILES string of the molecule is NCCOCC(=O)N(Cc1ccccc1F)C1CC1. The third-order valence-electron chi connectivity index (χ3n) is 3.09. The molecular formula is C14H19FN2O2. The number of nitrogens with zero attached hydrogens (tertiary/aromatic N) is 1. The van der Waals surface area contributed by atoms with Gasteiger partial charge >= 0.3 is 0 Å². The second-order valence-electron chi connectivity index (χ2n) is 4.69. The van der Waals surface area contributed by atoms with E-state index < -0.39 is 0 Å². The van der Waals surface area contributed by atoms with Crippen molar-refractivity contribution in [1.82, 2.24) is 4.90 Å². The molecule has 0 aliphatic heterocycles. The van der Waals surface area contributed by atoms with E-state index in [0.717, 1.165) is 12.8 Å². The summed E-state index contributed by atoms with van der Waals surface area (Å²) in [5, 5.41) is 0. The van der Waals surface area contributed by atoms with E-state index in [-0.39, 0.29) is 24.4 Å². The highest BCUT2D eigenvalue weighted by molar-refractivity contribution is 5.78. The summed E-state index contributed by atoms with van der Waals surface area (Å²) >= 11 is 0. The third-order valence-corrected chi connectivity index (χ3v) is 3.09. The molecule has 0 heterocycles. The van der Waals surface area contributed by atoms with E-state index >= 15 is 0 Å². The van der Waals surface area contributed by atoms with Gasteiger partial charge in [-0.15, -0.1) is 0 Å². The van der Waals surface area contributed by atoms with Gasteiger partial charge in [0.05, 0.1) is 6.61 Å². The van der Waals surface area contributed by atoms with Crippen molar-refractivity contribution < 1.29 is 13.9 Å². The molecule has 5 heteroatoms. The molecule has 0 bridgehead atoms. The van der Waals surface area contributed by atoms with Gasteiger partial charge in [0.15, 0.2) is 0 Å². The summed E-state index contributed by atoms with van der Waals surface area (Å²) in [7, 11) is 0. The molecule has 19 heavy (non-hydrogen) atoms. The number of rotatable bonds is 7. The maximum atomic E-state index is 13.6. The van der Waals surface area contributed by atoms with Gasteiger partial charge in [-0.05, 0) is 18.9 Å². The fourth-order valence-electron chi connectivity index (χ4n) is 1.94. The monoisotopic (exact) mass is 266 g/mol. The van der Waals surface area contributed by atoms with Crippen molar-refractivity contribution in [1.29, 1.82) is 0 Å². The van der Waals surface area contributed by atoms with Crippen LogP contribution < -0.4 is 5.73 Å². The molecule has 1 aliphatic rings. The molecule has 0 saturated heterocycles. The molecule has 0 unspecified atom stereocenters. The minimum Gasteiger partial charge on any atom is -0.370 e. The first-order valence-electron chi connectivity index (χ1n) is 6.53. The number of ether oxygens (including phenoxy) is 1. The lowest BCUT2D eigenvalue weighted by Gasteiger charge is -2.22. The highest BCUT2D eigenvalue weighted by Crippen LogP contribution is 2.28. The van der Waals surface area contributed by atoms with Crippen molar-refractivity contribution in [2.24, 2.45) is 5.73 Å². The summed E-state index contributed by atoms with van der Waals surface area (Å²) < 4.78 is 18.8. The zero-order chi connectivity index (χ0) is 13.7. The summed E-state index contributed by atoms with van der Waals surface area (Å²) in [4.78, 5) is 13.8. The molecule has 1 aliphatic carbocycles. The number of hydrogen-bond donors (Lipinski definition) is 1. The summed E-state index contributed by atoms with van der Waals surface area (Å²) in [6, 6.07) is 6.77. The molecule has 4 nitrogen and oxygen atoms in total. The van der Waals surface area contributed by atoms with Crippen LogP contribution in [0.15, 0.2) is 24.3 Å². The minimum absolute atomic E-state index is 0.0160. The largest absolute Gasteiger partial charge is 0.370 e. The number of amides is 1. The van der Waals surface area contributed by atoms with E-state index in [1.54, 1.807) is 23.1 Å². The van der Waals surface area contributed by atoms with Crippen molar-refractivity contribution in [2.45, 2.75) is 25.4 Å². The topological polar surface area (TPSA) is 55.6 Å². The zero-order valence-electron chi connectivity index (χ0n) is 10.8. The lowest BCUT2D eigenvalue weighted by atomic mass is 10.2. The summed E-state index contributed by atoms with van der Waals surface area (Å²) in [5.41, 5.74) is 5.85. The zero-order valence-corrected chi connectivity index (χ0v) is 10.8. The van der Waals surface area contributed by atoms with E-state index in [2.05, 4.69) is 0 Å². The van der Waals surface area contributed by atoms with Crippen LogP contribution in [0.3, 0.4) is 0 Å². The Balaban J connectivity index is 1.96. The molecule has 1 saturated carbocycles. The average Bonchev–Trinajstić information content (AvgIpc) is 3.22. The fraction of sp³-hybridized carbons (Fsp3) is 0.500. The molecule has 1 aromatic carbocycles. The summed E-state index contributed by atoms with van der Waals surface area (Å²) in [5.74, 6) is -0.372. The van der Waals surface area contributed by atoms with Crippen molar-refractivity contribution in [3.63, 3.8) is 0 Å². The predicted octanol–water partition coefficient (Wildman–Crippen LogP) is 1.29. The number of carbonyl (C=O) groups excluding carboxylic acids is 1. The van der Waals surface area contributed by atoms with Gasteiger partial charge in [0.2, 0.25) is 5.91 Å². The number of nitrogens with two attached hydrogens (primary N) is 1. The molecule has 1 amide bonds. The summed E-state index contributed by atoms with van der Waals surface area (Å²) in [6.45, 7) is 1.08. The number of hydrogen-bond acceptors (Lipinski definition) is 3. The number of halogens is 1. The van der Waals surface area contributed by atoms with Gasteiger partial charge in [-0.2, -0.15) is 0 Å². The van der Waals surface area contributed by atoms with Crippen molar-refractivity contribution in [3.05, 3.63) is 35.6 Å². The van der Waals surface area contributed by atoms with Gasteiger partial charge < -0.3 is 15.4 Å². The minimum atomic E-state index is -0.274. The Morgan fingerprint density at radius 3 is 2.79 bits per heavy atom. The second kappa shape index (κ2) is 6.63.